The smallest absolute Gasteiger partial charge is 0.227 e. The van der Waals surface area contributed by atoms with Crippen LogP contribution in [0.2, 0.25) is 0 Å². The van der Waals surface area contributed by atoms with Gasteiger partial charge in [-0.2, -0.15) is 5.10 Å². The van der Waals surface area contributed by atoms with Crippen molar-refractivity contribution in [2.45, 2.75) is 19.3 Å². The number of rotatable bonds is 6. The summed E-state index contributed by atoms with van der Waals surface area (Å²) in [6.45, 7) is 2.46. The van der Waals surface area contributed by atoms with Crippen molar-refractivity contribution in [2.24, 2.45) is 7.05 Å². The number of aromatic nitrogens is 3. The Kier molecular flexibility index (Phi) is 4.97. The van der Waals surface area contributed by atoms with Crippen LogP contribution in [-0.2, 0) is 18.3 Å². The number of carbonyl (C=O) groups excluding carboxylic acids is 1. The first-order valence-corrected chi connectivity index (χ1v) is 8.27. The van der Waals surface area contributed by atoms with E-state index < -0.39 is 0 Å². The van der Waals surface area contributed by atoms with Gasteiger partial charge in [-0.25, -0.2) is 4.98 Å². The van der Waals surface area contributed by atoms with Crippen LogP contribution in [0.5, 0.6) is 5.75 Å². The minimum atomic E-state index is -0.217. The molecule has 0 unspecified atom stereocenters. The molecule has 1 atom stereocenters. The third-order valence-electron chi connectivity index (χ3n) is 4.42. The highest BCUT2D eigenvalue weighted by atomic mass is 16.5. The third kappa shape index (κ3) is 3.79. The van der Waals surface area contributed by atoms with Crippen LogP contribution in [0.1, 0.15) is 24.2 Å². The monoisotopic (exact) mass is 338 g/mol. The van der Waals surface area contributed by atoms with E-state index >= 15 is 0 Å². The second kappa shape index (κ2) is 7.34. The lowest BCUT2D eigenvalue weighted by Crippen LogP contribution is -2.30. The summed E-state index contributed by atoms with van der Waals surface area (Å²) in [6.07, 6.45) is 2.18. The van der Waals surface area contributed by atoms with E-state index in [1.54, 1.807) is 11.8 Å². The molecule has 0 radical (unpaired) electrons. The van der Waals surface area contributed by atoms with Crippen molar-refractivity contribution in [1.82, 2.24) is 20.1 Å². The fraction of sp³-hybridized carbons (Fsp3) is 0.316. The highest BCUT2D eigenvalue weighted by Crippen LogP contribution is 2.25. The van der Waals surface area contributed by atoms with Crippen molar-refractivity contribution in [3.05, 3.63) is 54.1 Å². The Morgan fingerprint density at radius 3 is 2.72 bits per heavy atom. The number of benzene rings is 2. The lowest BCUT2D eigenvalue weighted by atomic mass is 9.97. The number of amides is 1. The van der Waals surface area contributed by atoms with Crippen LogP contribution in [0.25, 0.3) is 10.8 Å². The normalized spacial score (nSPS) is 12.1. The fourth-order valence-corrected chi connectivity index (χ4v) is 2.79. The Hall–Kier alpha value is -2.89. The predicted octanol–water partition coefficient (Wildman–Crippen LogP) is 2.44. The van der Waals surface area contributed by atoms with E-state index in [0.29, 0.717) is 13.0 Å². The number of ether oxygens (including phenoxy) is 1. The van der Waals surface area contributed by atoms with Crippen LogP contribution >= 0.6 is 0 Å². The van der Waals surface area contributed by atoms with Gasteiger partial charge in [-0.15, -0.1) is 0 Å². The summed E-state index contributed by atoms with van der Waals surface area (Å²) in [6, 6.07) is 12.0. The largest absolute Gasteiger partial charge is 0.497 e. The molecular formula is C19H22N4O2. The highest BCUT2D eigenvalue weighted by Gasteiger charge is 2.15. The SMILES string of the molecule is COc1ccc2cc([C@H](C)C(=O)NCCc3ncnn3C)ccc2c1. The maximum absolute atomic E-state index is 12.4. The van der Waals surface area contributed by atoms with Crippen LogP contribution in [0, 0.1) is 0 Å². The van der Waals surface area contributed by atoms with Gasteiger partial charge >= 0.3 is 0 Å². The van der Waals surface area contributed by atoms with Gasteiger partial charge in [0.15, 0.2) is 0 Å². The van der Waals surface area contributed by atoms with E-state index in [-0.39, 0.29) is 11.8 Å². The Bertz CT molecular complexity index is 888. The van der Waals surface area contributed by atoms with Gasteiger partial charge in [-0.3, -0.25) is 9.48 Å². The number of fused-ring (bicyclic) bond motifs is 1. The molecule has 3 rings (SSSR count). The summed E-state index contributed by atoms with van der Waals surface area (Å²) in [4.78, 5) is 16.6. The van der Waals surface area contributed by atoms with Crippen molar-refractivity contribution < 1.29 is 9.53 Å². The number of methoxy groups -OCH3 is 1. The molecule has 25 heavy (non-hydrogen) atoms. The maximum Gasteiger partial charge on any atom is 0.227 e. The maximum atomic E-state index is 12.4. The van der Waals surface area contributed by atoms with E-state index in [0.717, 1.165) is 27.9 Å². The van der Waals surface area contributed by atoms with Gasteiger partial charge in [0, 0.05) is 20.0 Å². The number of carbonyl (C=O) groups is 1. The molecule has 1 amide bonds. The van der Waals surface area contributed by atoms with Gasteiger partial charge in [0.25, 0.3) is 0 Å². The molecule has 0 aliphatic carbocycles. The molecule has 0 saturated carbocycles. The minimum Gasteiger partial charge on any atom is -0.497 e. The van der Waals surface area contributed by atoms with Crippen molar-refractivity contribution in [1.29, 1.82) is 0 Å². The second-order valence-corrected chi connectivity index (χ2v) is 6.04. The Morgan fingerprint density at radius 2 is 2.00 bits per heavy atom. The van der Waals surface area contributed by atoms with Crippen LogP contribution in [0.15, 0.2) is 42.7 Å². The topological polar surface area (TPSA) is 69.0 Å². The summed E-state index contributed by atoms with van der Waals surface area (Å²) in [5.41, 5.74) is 0.994. The van der Waals surface area contributed by atoms with Crippen molar-refractivity contribution in [3.63, 3.8) is 0 Å². The summed E-state index contributed by atoms with van der Waals surface area (Å²) in [7, 11) is 3.50. The molecule has 0 saturated heterocycles. The van der Waals surface area contributed by atoms with E-state index in [2.05, 4.69) is 21.5 Å². The zero-order chi connectivity index (χ0) is 17.8. The number of aryl methyl sites for hydroxylation is 1. The van der Waals surface area contributed by atoms with E-state index in [1.165, 1.54) is 6.33 Å². The lowest BCUT2D eigenvalue weighted by Gasteiger charge is -2.13. The molecule has 0 aliphatic rings. The van der Waals surface area contributed by atoms with Crippen molar-refractivity contribution in [2.75, 3.05) is 13.7 Å². The van der Waals surface area contributed by atoms with E-state index in [9.17, 15) is 4.79 Å². The molecule has 2 aromatic carbocycles. The Morgan fingerprint density at radius 1 is 1.24 bits per heavy atom. The number of hydrogen-bond donors (Lipinski definition) is 1. The number of hydrogen-bond acceptors (Lipinski definition) is 4. The summed E-state index contributed by atoms with van der Waals surface area (Å²) < 4.78 is 6.96. The molecule has 6 nitrogen and oxygen atoms in total. The standard InChI is InChI=1S/C19H22N4O2/c1-13(19(24)20-9-8-18-21-12-22-23(18)2)14-4-5-16-11-17(25-3)7-6-15(16)10-14/h4-7,10-13H,8-9H2,1-3H3,(H,20,24)/t13-/m0/s1. The lowest BCUT2D eigenvalue weighted by molar-refractivity contribution is -0.122. The second-order valence-electron chi connectivity index (χ2n) is 6.04. The molecule has 130 valence electrons. The Balaban J connectivity index is 1.65. The van der Waals surface area contributed by atoms with Gasteiger partial charge in [0.05, 0.1) is 13.0 Å². The predicted molar refractivity (Wildman–Crippen MR) is 96.6 cm³/mol. The molecular weight excluding hydrogens is 316 g/mol. The van der Waals surface area contributed by atoms with Crippen LogP contribution in [0.4, 0.5) is 0 Å². The summed E-state index contributed by atoms with van der Waals surface area (Å²) in [5.74, 6) is 1.48. The fourth-order valence-electron chi connectivity index (χ4n) is 2.79. The molecule has 6 heteroatoms. The zero-order valence-electron chi connectivity index (χ0n) is 14.7. The first-order chi connectivity index (χ1) is 12.1. The van der Waals surface area contributed by atoms with Crippen molar-refractivity contribution in [3.8, 4) is 5.75 Å². The molecule has 1 aromatic heterocycles. The van der Waals surface area contributed by atoms with Gasteiger partial charge in [0.1, 0.15) is 17.9 Å². The average Bonchev–Trinajstić information content (AvgIpc) is 3.05. The molecule has 0 fully saturated rings. The molecule has 1 heterocycles. The molecule has 3 aromatic rings. The van der Waals surface area contributed by atoms with Gasteiger partial charge in [-0.1, -0.05) is 24.3 Å². The van der Waals surface area contributed by atoms with Crippen LogP contribution < -0.4 is 10.1 Å². The van der Waals surface area contributed by atoms with Crippen LogP contribution in [0.3, 0.4) is 0 Å². The molecule has 0 aliphatic heterocycles. The average molecular weight is 338 g/mol. The number of nitrogens with one attached hydrogen (secondary N) is 1. The third-order valence-corrected chi connectivity index (χ3v) is 4.42. The summed E-state index contributed by atoms with van der Waals surface area (Å²) in [5, 5.41) is 9.18. The first kappa shape index (κ1) is 17.0. The number of nitrogens with zero attached hydrogens (tertiary/aromatic N) is 3. The van der Waals surface area contributed by atoms with Crippen molar-refractivity contribution >= 4 is 16.7 Å². The van der Waals surface area contributed by atoms with Crippen LogP contribution in [-0.4, -0.2) is 34.3 Å². The Labute approximate surface area is 146 Å². The summed E-state index contributed by atoms with van der Waals surface area (Å²) >= 11 is 0. The molecule has 1 N–H and O–H groups in total. The van der Waals surface area contributed by atoms with E-state index in [1.807, 2.05) is 44.3 Å². The quantitative estimate of drug-likeness (QED) is 0.749. The minimum absolute atomic E-state index is 0.00929. The van der Waals surface area contributed by atoms with Gasteiger partial charge in [-0.05, 0) is 35.4 Å². The first-order valence-electron chi connectivity index (χ1n) is 8.27. The zero-order valence-corrected chi connectivity index (χ0v) is 14.7. The van der Waals surface area contributed by atoms with Gasteiger partial charge in [0.2, 0.25) is 5.91 Å². The molecule has 0 spiro atoms. The van der Waals surface area contributed by atoms with Gasteiger partial charge < -0.3 is 10.1 Å². The van der Waals surface area contributed by atoms with E-state index in [4.69, 9.17) is 4.74 Å². The molecule has 0 bridgehead atoms. The highest BCUT2D eigenvalue weighted by molar-refractivity contribution is 5.88.